The number of nitrogens with one attached hydrogen (secondary N) is 1. The molecule has 4 heteroatoms. The molecule has 2 rings (SSSR count). The summed E-state index contributed by atoms with van der Waals surface area (Å²) >= 11 is 0. The van der Waals surface area contributed by atoms with E-state index < -0.39 is 0 Å². The van der Waals surface area contributed by atoms with Gasteiger partial charge in [0.25, 0.3) is 0 Å². The van der Waals surface area contributed by atoms with E-state index >= 15 is 0 Å². The molecule has 0 radical (unpaired) electrons. The summed E-state index contributed by atoms with van der Waals surface area (Å²) in [7, 11) is 0. The molecule has 0 amide bonds. The molecule has 4 nitrogen and oxygen atoms in total. The third-order valence-corrected chi connectivity index (χ3v) is 2.89. The van der Waals surface area contributed by atoms with Crippen molar-refractivity contribution < 1.29 is 4.74 Å². The zero-order chi connectivity index (χ0) is 12.3. The van der Waals surface area contributed by atoms with Crippen LogP contribution in [0.2, 0.25) is 0 Å². The maximum atomic E-state index is 5.74. The fraction of sp³-hybridized carbons (Fsp3) is 0.615. The number of anilines is 2. The largest absolute Gasteiger partial charge is 0.384 e. The molecule has 1 saturated heterocycles. The van der Waals surface area contributed by atoms with E-state index in [0.717, 1.165) is 25.3 Å². The molecular formula is C13H21N3O. The third-order valence-electron chi connectivity index (χ3n) is 2.89. The van der Waals surface area contributed by atoms with Crippen LogP contribution in [0.4, 0.5) is 11.4 Å². The summed E-state index contributed by atoms with van der Waals surface area (Å²) < 4.78 is 5.74. The molecular weight excluding hydrogens is 214 g/mol. The van der Waals surface area contributed by atoms with Crippen LogP contribution in [-0.2, 0) is 4.74 Å². The SMILES string of the molecule is CCNc1cncc(N2C[C@@H](C)O[C@@H](C)C2)c1. The molecule has 0 saturated carbocycles. The zero-order valence-electron chi connectivity index (χ0n) is 10.8. The van der Waals surface area contributed by atoms with Gasteiger partial charge in [-0.2, -0.15) is 0 Å². The average Bonchev–Trinajstić information content (AvgIpc) is 2.28. The predicted octanol–water partition coefficient (Wildman–Crippen LogP) is 2.13. The Morgan fingerprint density at radius 2 is 2.06 bits per heavy atom. The van der Waals surface area contributed by atoms with E-state index in [1.807, 2.05) is 12.4 Å². The summed E-state index contributed by atoms with van der Waals surface area (Å²) in [5.41, 5.74) is 2.25. The van der Waals surface area contributed by atoms with Crippen LogP contribution in [0.3, 0.4) is 0 Å². The highest BCUT2D eigenvalue weighted by Gasteiger charge is 2.22. The summed E-state index contributed by atoms with van der Waals surface area (Å²) in [5, 5.41) is 3.29. The van der Waals surface area contributed by atoms with Crippen molar-refractivity contribution in [1.29, 1.82) is 0 Å². The topological polar surface area (TPSA) is 37.4 Å². The second-order valence-corrected chi connectivity index (χ2v) is 4.62. The highest BCUT2D eigenvalue weighted by Crippen LogP contribution is 2.22. The van der Waals surface area contributed by atoms with Crippen LogP contribution >= 0.6 is 0 Å². The molecule has 1 fully saturated rings. The lowest BCUT2D eigenvalue weighted by molar-refractivity contribution is -0.00523. The second-order valence-electron chi connectivity index (χ2n) is 4.62. The molecule has 0 bridgehead atoms. The van der Waals surface area contributed by atoms with Crippen LogP contribution in [0.1, 0.15) is 20.8 Å². The second kappa shape index (κ2) is 5.36. The first-order valence-electron chi connectivity index (χ1n) is 6.28. The Labute approximate surface area is 103 Å². The van der Waals surface area contributed by atoms with Gasteiger partial charge >= 0.3 is 0 Å². The van der Waals surface area contributed by atoms with Crippen LogP contribution in [-0.4, -0.2) is 36.8 Å². The zero-order valence-corrected chi connectivity index (χ0v) is 10.8. The van der Waals surface area contributed by atoms with Gasteiger partial charge in [-0.3, -0.25) is 4.98 Å². The standard InChI is InChI=1S/C13H21N3O/c1-4-15-12-5-13(7-14-6-12)16-8-10(2)17-11(3)9-16/h5-7,10-11,15H,4,8-9H2,1-3H3/t10-,11+. The number of ether oxygens (including phenoxy) is 1. The number of morpholine rings is 1. The van der Waals surface area contributed by atoms with Gasteiger partial charge in [-0.15, -0.1) is 0 Å². The fourth-order valence-corrected chi connectivity index (χ4v) is 2.29. The maximum Gasteiger partial charge on any atom is 0.0726 e. The molecule has 1 aliphatic rings. The number of nitrogens with zero attached hydrogens (tertiary/aromatic N) is 2. The van der Waals surface area contributed by atoms with Crippen molar-refractivity contribution >= 4 is 11.4 Å². The number of pyridine rings is 1. The van der Waals surface area contributed by atoms with Gasteiger partial charge in [0, 0.05) is 19.6 Å². The van der Waals surface area contributed by atoms with Crippen LogP contribution in [0, 0.1) is 0 Å². The van der Waals surface area contributed by atoms with Crippen molar-refractivity contribution in [3.05, 3.63) is 18.5 Å². The molecule has 94 valence electrons. The first-order chi connectivity index (χ1) is 8.19. The quantitative estimate of drug-likeness (QED) is 0.871. The first kappa shape index (κ1) is 12.2. The lowest BCUT2D eigenvalue weighted by atomic mass is 10.2. The van der Waals surface area contributed by atoms with E-state index in [4.69, 9.17) is 4.74 Å². The molecule has 17 heavy (non-hydrogen) atoms. The van der Waals surface area contributed by atoms with Crippen LogP contribution in [0.15, 0.2) is 18.5 Å². The maximum absolute atomic E-state index is 5.74. The third kappa shape index (κ3) is 3.09. The van der Waals surface area contributed by atoms with Crippen molar-refractivity contribution in [1.82, 2.24) is 4.98 Å². The Balaban J connectivity index is 2.12. The Kier molecular flexibility index (Phi) is 3.84. The van der Waals surface area contributed by atoms with E-state index in [-0.39, 0.29) is 12.2 Å². The highest BCUT2D eigenvalue weighted by atomic mass is 16.5. The lowest BCUT2D eigenvalue weighted by Gasteiger charge is -2.36. The Morgan fingerprint density at radius 3 is 2.71 bits per heavy atom. The molecule has 1 aliphatic heterocycles. The van der Waals surface area contributed by atoms with E-state index in [1.54, 1.807) is 0 Å². The van der Waals surface area contributed by atoms with Crippen molar-refractivity contribution in [3.8, 4) is 0 Å². The van der Waals surface area contributed by atoms with Gasteiger partial charge in [0.15, 0.2) is 0 Å². The van der Waals surface area contributed by atoms with Crippen LogP contribution in [0.25, 0.3) is 0 Å². The Bertz CT molecular complexity index is 359. The minimum Gasteiger partial charge on any atom is -0.384 e. The highest BCUT2D eigenvalue weighted by molar-refractivity contribution is 5.55. The summed E-state index contributed by atoms with van der Waals surface area (Å²) in [6.45, 7) is 9.10. The first-order valence-corrected chi connectivity index (χ1v) is 6.28. The molecule has 1 aromatic heterocycles. The van der Waals surface area contributed by atoms with E-state index in [2.05, 4.69) is 42.0 Å². The summed E-state index contributed by atoms with van der Waals surface area (Å²) in [4.78, 5) is 6.62. The molecule has 0 spiro atoms. The van der Waals surface area contributed by atoms with E-state index in [1.165, 1.54) is 5.69 Å². The van der Waals surface area contributed by atoms with Crippen molar-refractivity contribution in [2.24, 2.45) is 0 Å². The minimum absolute atomic E-state index is 0.279. The van der Waals surface area contributed by atoms with E-state index in [9.17, 15) is 0 Å². The molecule has 0 aliphatic carbocycles. The van der Waals surface area contributed by atoms with Crippen LogP contribution in [0.5, 0.6) is 0 Å². The van der Waals surface area contributed by atoms with Crippen molar-refractivity contribution in [3.63, 3.8) is 0 Å². The monoisotopic (exact) mass is 235 g/mol. The summed E-state index contributed by atoms with van der Waals surface area (Å²) in [5.74, 6) is 0. The number of hydrogen-bond donors (Lipinski definition) is 1. The summed E-state index contributed by atoms with van der Waals surface area (Å²) in [6.07, 6.45) is 4.34. The number of aromatic nitrogens is 1. The average molecular weight is 235 g/mol. The van der Waals surface area contributed by atoms with Gasteiger partial charge in [-0.1, -0.05) is 0 Å². The molecule has 0 aromatic carbocycles. The van der Waals surface area contributed by atoms with Gasteiger partial charge in [-0.25, -0.2) is 0 Å². The molecule has 0 unspecified atom stereocenters. The van der Waals surface area contributed by atoms with Crippen molar-refractivity contribution in [2.45, 2.75) is 33.0 Å². The summed E-state index contributed by atoms with van der Waals surface area (Å²) in [6, 6.07) is 2.15. The van der Waals surface area contributed by atoms with Crippen molar-refractivity contribution in [2.75, 3.05) is 29.9 Å². The molecule has 1 N–H and O–H groups in total. The molecule has 1 aromatic rings. The van der Waals surface area contributed by atoms with Gasteiger partial charge in [0.2, 0.25) is 0 Å². The fourth-order valence-electron chi connectivity index (χ4n) is 2.29. The van der Waals surface area contributed by atoms with Gasteiger partial charge < -0.3 is 15.0 Å². The lowest BCUT2D eigenvalue weighted by Crippen LogP contribution is -2.45. The van der Waals surface area contributed by atoms with Gasteiger partial charge in [-0.05, 0) is 26.8 Å². The predicted molar refractivity (Wildman–Crippen MR) is 70.6 cm³/mol. The molecule has 2 heterocycles. The normalized spacial score (nSPS) is 24.8. The molecule has 2 atom stereocenters. The van der Waals surface area contributed by atoms with Gasteiger partial charge in [0.1, 0.15) is 0 Å². The minimum atomic E-state index is 0.279. The van der Waals surface area contributed by atoms with Gasteiger partial charge in [0.05, 0.1) is 36.0 Å². The smallest absolute Gasteiger partial charge is 0.0726 e. The van der Waals surface area contributed by atoms with Crippen LogP contribution < -0.4 is 10.2 Å². The number of rotatable bonds is 3. The Morgan fingerprint density at radius 1 is 1.35 bits per heavy atom. The number of hydrogen-bond acceptors (Lipinski definition) is 4. The van der Waals surface area contributed by atoms with E-state index in [0.29, 0.717) is 0 Å². The Hall–Kier alpha value is -1.29.